The molecular weight excluding hydrogens is 260 g/mol. The summed E-state index contributed by atoms with van der Waals surface area (Å²) in [6, 6.07) is 18.2. The predicted molar refractivity (Wildman–Crippen MR) is 83.5 cm³/mol. The minimum absolute atomic E-state index is 0.123. The maximum absolute atomic E-state index is 12.2. The fraction of sp³-hybridized carbons (Fsp3) is 0.278. The molecule has 0 aromatic heterocycles. The number of carbonyl (C=O) groups is 1. The molecule has 2 unspecified atom stereocenters. The monoisotopic (exact) mass is 280 g/mol. The maximum atomic E-state index is 12.2. The highest BCUT2D eigenvalue weighted by atomic mass is 16.2. The summed E-state index contributed by atoms with van der Waals surface area (Å²) in [5, 5.41) is 3.04. The third-order valence-corrected chi connectivity index (χ3v) is 4.15. The number of hydrogen-bond acceptors (Lipinski definition) is 2. The van der Waals surface area contributed by atoms with E-state index in [1.54, 1.807) is 0 Å². The molecule has 0 heterocycles. The molecule has 2 atom stereocenters. The van der Waals surface area contributed by atoms with E-state index in [-0.39, 0.29) is 11.8 Å². The van der Waals surface area contributed by atoms with Crippen molar-refractivity contribution in [2.75, 3.05) is 0 Å². The second-order valence-corrected chi connectivity index (χ2v) is 5.55. The Labute approximate surface area is 125 Å². The molecule has 0 radical (unpaired) electrons. The van der Waals surface area contributed by atoms with Gasteiger partial charge in [0.2, 0.25) is 5.91 Å². The first kappa shape index (κ1) is 13.8. The summed E-state index contributed by atoms with van der Waals surface area (Å²) in [6.45, 7) is 1.06. The Bertz CT molecular complexity index is 624. The van der Waals surface area contributed by atoms with Gasteiger partial charge in [0, 0.05) is 19.0 Å². The minimum atomic E-state index is 0.123. The highest BCUT2D eigenvalue weighted by molar-refractivity contribution is 5.82. The van der Waals surface area contributed by atoms with Gasteiger partial charge in [-0.3, -0.25) is 4.79 Å². The summed E-state index contributed by atoms with van der Waals surface area (Å²) >= 11 is 0. The van der Waals surface area contributed by atoms with Crippen LogP contribution in [-0.2, 0) is 17.9 Å². The first-order valence-corrected chi connectivity index (χ1v) is 7.39. The maximum Gasteiger partial charge on any atom is 0.224 e. The van der Waals surface area contributed by atoms with Gasteiger partial charge in [-0.2, -0.15) is 0 Å². The van der Waals surface area contributed by atoms with Crippen LogP contribution >= 0.6 is 0 Å². The van der Waals surface area contributed by atoms with Crippen molar-refractivity contribution in [3.63, 3.8) is 0 Å². The molecule has 1 amide bonds. The summed E-state index contributed by atoms with van der Waals surface area (Å²) in [4.78, 5) is 12.2. The Morgan fingerprint density at radius 1 is 1.05 bits per heavy atom. The second kappa shape index (κ2) is 6.10. The summed E-state index contributed by atoms with van der Waals surface area (Å²) in [5.74, 6) is 0.657. The van der Waals surface area contributed by atoms with Crippen molar-refractivity contribution in [3.05, 3.63) is 71.3 Å². The Morgan fingerprint density at radius 3 is 2.43 bits per heavy atom. The lowest BCUT2D eigenvalue weighted by Gasteiger charge is -2.09. The van der Waals surface area contributed by atoms with E-state index in [0.29, 0.717) is 19.0 Å². The molecule has 1 aliphatic rings. The molecule has 0 bridgehead atoms. The first-order chi connectivity index (χ1) is 10.3. The van der Waals surface area contributed by atoms with Crippen LogP contribution in [0.5, 0.6) is 0 Å². The number of nitrogens with two attached hydrogens (primary N) is 1. The van der Waals surface area contributed by atoms with Crippen LogP contribution in [0.3, 0.4) is 0 Å². The molecule has 1 fully saturated rings. The molecule has 0 saturated heterocycles. The molecule has 2 aromatic rings. The lowest BCUT2D eigenvalue weighted by molar-refractivity contribution is -0.122. The third kappa shape index (κ3) is 3.14. The van der Waals surface area contributed by atoms with E-state index in [1.807, 2.05) is 42.5 Å². The number of hydrogen-bond donors (Lipinski definition) is 2. The number of carbonyl (C=O) groups excluding carboxylic acids is 1. The molecule has 3 rings (SSSR count). The molecule has 1 aliphatic carbocycles. The third-order valence-electron chi connectivity index (χ3n) is 4.15. The normalized spacial score (nSPS) is 20.0. The molecule has 3 heteroatoms. The Kier molecular flexibility index (Phi) is 4.02. The topological polar surface area (TPSA) is 55.1 Å². The second-order valence-electron chi connectivity index (χ2n) is 5.55. The average Bonchev–Trinajstić information content (AvgIpc) is 3.34. The van der Waals surface area contributed by atoms with Crippen LogP contribution in [0.15, 0.2) is 54.6 Å². The van der Waals surface area contributed by atoms with Crippen molar-refractivity contribution >= 4 is 5.91 Å². The van der Waals surface area contributed by atoms with Crippen LogP contribution in [0, 0.1) is 5.92 Å². The van der Waals surface area contributed by atoms with Crippen LogP contribution in [0.1, 0.15) is 29.0 Å². The molecule has 3 N–H and O–H groups in total. The first-order valence-electron chi connectivity index (χ1n) is 7.39. The van der Waals surface area contributed by atoms with Gasteiger partial charge in [0.1, 0.15) is 0 Å². The Hall–Kier alpha value is -2.13. The van der Waals surface area contributed by atoms with Crippen molar-refractivity contribution in [1.82, 2.24) is 5.32 Å². The van der Waals surface area contributed by atoms with E-state index >= 15 is 0 Å². The molecule has 3 nitrogen and oxygen atoms in total. The van der Waals surface area contributed by atoms with Crippen molar-refractivity contribution in [3.8, 4) is 0 Å². The zero-order valence-electron chi connectivity index (χ0n) is 12.0. The Morgan fingerprint density at radius 2 is 1.71 bits per heavy atom. The van der Waals surface area contributed by atoms with Crippen LogP contribution in [0.25, 0.3) is 0 Å². The fourth-order valence-electron chi connectivity index (χ4n) is 2.80. The van der Waals surface area contributed by atoms with Crippen LogP contribution in [-0.4, -0.2) is 5.91 Å². The average molecular weight is 280 g/mol. The highest BCUT2D eigenvalue weighted by Crippen LogP contribution is 2.47. The van der Waals surface area contributed by atoms with E-state index in [9.17, 15) is 4.79 Å². The van der Waals surface area contributed by atoms with Gasteiger partial charge in [-0.15, -0.1) is 0 Å². The summed E-state index contributed by atoms with van der Waals surface area (Å²) in [6.07, 6.45) is 0.953. The van der Waals surface area contributed by atoms with Crippen molar-refractivity contribution in [1.29, 1.82) is 0 Å². The molecule has 0 spiro atoms. The van der Waals surface area contributed by atoms with Gasteiger partial charge >= 0.3 is 0 Å². The summed E-state index contributed by atoms with van der Waals surface area (Å²) in [7, 11) is 0. The number of benzene rings is 2. The largest absolute Gasteiger partial charge is 0.352 e. The van der Waals surface area contributed by atoms with Gasteiger partial charge < -0.3 is 11.1 Å². The Balaban J connectivity index is 1.56. The highest BCUT2D eigenvalue weighted by Gasteiger charge is 2.43. The van der Waals surface area contributed by atoms with E-state index < -0.39 is 0 Å². The predicted octanol–water partition coefficient (Wildman–Crippen LogP) is 2.57. The lowest BCUT2D eigenvalue weighted by atomic mass is 10.1. The molecular formula is C18H20N2O. The van der Waals surface area contributed by atoms with Crippen LogP contribution in [0.4, 0.5) is 0 Å². The lowest BCUT2D eigenvalue weighted by Crippen LogP contribution is -2.25. The van der Waals surface area contributed by atoms with Crippen LogP contribution < -0.4 is 11.1 Å². The SMILES string of the molecule is NCc1ccccc1CNC(=O)C1CC1c1ccccc1. The van der Waals surface area contributed by atoms with Gasteiger partial charge in [-0.1, -0.05) is 54.6 Å². The molecule has 2 aromatic carbocycles. The fourth-order valence-corrected chi connectivity index (χ4v) is 2.80. The van der Waals surface area contributed by atoms with E-state index in [1.165, 1.54) is 5.56 Å². The zero-order chi connectivity index (χ0) is 14.7. The molecule has 0 aliphatic heterocycles. The number of nitrogens with one attached hydrogen (secondary N) is 1. The minimum Gasteiger partial charge on any atom is -0.352 e. The van der Waals surface area contributed by atoms with E-state index in [2.05, 4.69) is 17.4 Å². The molecule has 1 saturated carbocycles. The van der Waals surface area contributed by atoms with Gasteiger partial charge in [0.25, 0.3) is 0 Å². The summed E-state index contributed by atoms with van der Waals surface area (Å²) < 4.78 is 0. The zero-order valence-corrected chi connectivity index (χ0v) is 12.0. The van der Waals surface area contributed by atoms with E-state index in [4.69, 9.17) is 5.73 Å². The van der Waals surface area contributed by atoms with Crippen LogP contribution in [0.2, 0.25) is 0 Å². The van der Waals surface area contributed by atoms with Gasteiger partial charge in [-0.05, 0) is 29.0 Å². The van der Waals surface area contributed by atoms with E-state index in [0.717, 1.165) is 17.5 Å². The van der Waals surface area contributed by atoms with Crippen molar-refractivity contribution < 1.29 is 4.79 Å². The van der Waals surface area contributed by atoms with Gasteiger partial charge in [0.15, 0.2) is 0 Å². The quantitative estimate of drug-likeness (QED) is 0.884. The standard InChI is InChI=1S/C18H20N2O/c19-11-14-8-4-5-9-15(14)12-20-18(21)17-10-16(17)13-6-2-1-3-7-13/h1-9,16-17H,10-12,19H2,(H,20,21). The number of amides is 1. The number of rotatable bonds is 5. The van der Waals surface area contributed by atoms with Gasteiger partial charge in [-0.25, -0.2) is 0 Å². The molecule has 108 valence electrons. The smallest absolute Gasteiger partial charge is 0.224 e. The molecule has 21 heavy (non-hydrogen) atoms. The summed E-state index contributed by atoms with van der Waals surface area (Å²) in [5.41, 5.74) is 9.17. The van der Waals surface area contributed by atoms with Crippen molar-refractivity contribution in [2.45, 2.75) is 25.4 Å². The van der Waals surface area contributed by atoms with Crippen molar-refractivity contribution in [2.24, 2.45) is 11.7 Å². The van der Waals surface area contributed by atoms with Gasteiger partial charge in [0.05, 0.1) is 0 Å².